The molecule has 1 heterocycles. The molecule has 1 saturated carbocycles. The van der Waals surface area contributed by atoms with Crippen LogP contribution in [0, 0.1) is 0 Å². The first-order valence-corrected chi connectivity index (χ1v) is 6.78. The van der Waals surface area contributed by atoms with Gasteiger partial charge >= 0.3 is 5.97 Å². The Bertz CT molecular complexity index is 434. The zero-order valence-corrected chi connectivity index (χ0v) is 11.2. The topological polar surface area (TPSA) is 82.7 Å². The predicted molar refractivity (Wildman–Crippen MR) is 70.1 cm³/mol. The Balaban J connectivity index is 2.05. The highest BCUT2D eigenvalue weighted by molar-refractivity contribution is 5.84. The second kappa shape index (κ2) is 5.75. The highest BCUT2D eigenvalue weighted by Crippen LogP contribution is 2.30. The van der Waals surface area contributed by atoms with Gasteiger partial charge in [-0.2, -0.15) is 0 Å². The van der Waals surface area contributed by atoms with Crippen molar-refractivity contribution in [2.45, 2.75) is 50.6 Å². The molecule has 0 amide bonds. The second-order valence-corrected chi connectivity index (χ2v) is 5.37. The molecule has 0 radical (unpaired) electrons. The zero-order valence-electron chi connectivity index (χ0n) is 11.2. The molecule has 0 bridgehead atoms. The average molecular weight is 267 g/mol. The number of carboxylic acid groups (broad SMARTS) is 1. The van der Waals surface area contributed by atoms with E-state index in [1.165, 1.54) is 12.5 Å². The number of aliphatic hydroxyl groups excluding tert-OH is 1. The van der Waals surface area contributed by atoms with Crippen molar-refractivity contribution in [1.29, 1.82) is 0 Å². The lowest BCUT2D eigenvalue weighted by molar-refractivity contribution is 0.0656. The third-order valence-corrected chi connectivity index (χ3v) is 3.90. The van der Waals surface area contributed by atoms with Crippen LogP contribution < -0.4 is 5.32 Å². The van der Waals surface area contributed by atoms with Gasteiger partial charge in [-0.3, -0.25) is 5.32 Å². The Labute approximate surface area is 112 Å². The largest absolute Gasteiger partial charge is 0.475 e. The standard InChI is InChI=1S/C14H21NO4/c1-10(11-5-6-12(19-11)13(17)18)15-14(9-16)7-3-2-4-8-14/h5-6,10,15-16H,2-4,7-9H2,1H3,(H,17,18). The summed E-state index contributed by atoms with van der Waals surface area (Å²) in [5.41, 5.74) is -0.256. The summed E-state index contributed by atoms with van der Waals surface area (Å²) in [4.78, 5) is 10.8. The van der Waals surface area contributed by atoms with Crippen LogP contribution in [0.4, 0.5) is 0 Å². The second-order valence-electron chi connectivity index (χ2n) is 5.37. The van der Waals surface area contributed by atoms with Gasteiger partial charge in [0.15, 0.2) is 0 Å². The molecule has 3 N–H and O–H groups in total. The van der Waals surface area contributed by atoms with E-state index >= 15 is 0 Å². The lowest BCUT2D eigenvalue weighted by Crippen LogP contribution is -2.50. The first kappa shape index (κ1) is 14.1. The number of nitrogens with one attached hydrogen (secondary N) is 1. The number of carbonyl (C=O) groups is 1. The fourth-order valence-corrected chi connectivity index (χ4v) is 2.81. The average Bonchev–Trinajstić information content (AvgIpc) is 2.89. The van der Waals surface area contributed by atoms with E-state index in [0.29, 0.717) is 5.76 Å². The van der Waals surface area contributed by atoms with Crippen LogP contribution in [0.25, 0.3) is 0 Å². The molecule has 106 valence electrons. The Morgan fingerprint density at radius 1 is 1.42 bits per heavy atom. The summed E-state index contributed by atoms with van der Waals surface area (Å²) in [6.07, 6.45) is 5.32. The number of furan rings is 1. The van der Waals surface area contributed by atoms with E-state index in [9.17, 15) is 9.90 Å². The van der Waals surface area contributed by atoms with Crippen LogP contribution >= 0.6 is 0 Å². The molecule has 1 aliphatic carbocycles. The van der Waals surface area contributed by atoms with Gasteiger partial charge in [-0.25, -0.2) is 4.79 Å². The molecule has 1 aromatic heterocycles. The van der Waals surface area contributed by atoms with Gasteiger partial charge in [0.1, 0.15) is 5.76 Å². The summed E-state index contributed by atoms with van der Waals surface area (Å²) in [6, 6.07) is 3.02. The number of aromatic carboxylic acids is 1. The van der Waals surface area contributed by atoms with Gasteiger partial charge in [0, 0.05) is 5.54 Å². The van der Waals surface area contributed by atoms with E-state index < -0.39 is 5.97 Å². The molecule has 19 heavy (non-hydrogen) atoms. The fourth-order valence-electron chi connectivity index (χ4n) is 2.81. The van der Waals surface area contributed by atoms with E-state index in [1.54, 1.807) is 6.07 Å². The molecule has 0 aromatic carbocycles. The third-order valence-electron chi connectivity index (χ3n) is 3.90. The lowest BCUT2D eigenvalue weighted by Gasteiger charge is -2.38. The van der Waals surface area contributed by atoms with Crippen molar-refractivity contribution in [3.63, 3.8) is 0 Å². The molecule has 0 saturated heterocycles. The molecule has 5 heteroatoms. The minimum atomic E-state index is -1.06. The maximum absolute atomic E-state index is 10.8. The molecular weight excluding hydrogens is 246 g/mol. The highest BCUT2D eigenvalue weighted by atomic mass is 16.4. The predicted octanol–water partition coefficient (Wildman–Crippen LogP) is 2.32. The molecule has 0 spiro atoms. The van der Waals surface area contributed by atoms with Crippen molar-refractivity contribution in [2.75, 3.05) is 6.61 Å². The first-order chi connectivity index (χ1) is 9.06. The SMILES string of the molecule is CC(NC1(CO)CCCCC1)c1ccc(C(=O)O)o1. The molecule has 1 aromatic rings. The van der Waals surface area contributed by atoms with Crippen LogP contribution in [0.2, 0.25) is 0 Å². The van der Waals surface area contributed by atoms with Crippen LogP contribution in [0.15, 0.2) is 16.5 Å². The van der Waals surface area contributed by atoms with Gasteiger partial charge in [0.2, 0.25) is 5.76 Å². The lowest BCUT2D eigenvalue weighted by atomic mass is 9.81. The van der Waals surface area contributed by atoms with E-state index in [4.69, 9.17) is 9.52 Å². The minimum Gasteiger partial charge on any atom is -0.475 e. The molecule has 1 atom stereocenters. The summed E-state index contributed by atoms with van der Waals surface area (Å²) in [6.45, 7) is 2.03. The summed E-state index contributed by atoms with van der Waals surface area (Å²) >= 11 is 0. The van der Waals surface area contributed by atoms with Gasteiger partial charge in [-0.1, -0.05) is 19.3 Å². The normalized spacial score (nSPS) is 20.1. The quantitative estimate of drug-likeness (QED) is 0.762. The highest BCUT2D eigenvalue weighted by Gasteiger charge is 2.33. The number of hydrogen-bond donors (Lipinski definition) is 3. The molecule has 2 rings (SSSR count). The Kier molecular flexibility index (Phi) is 4.27. The van der Waals surface area contributed by atoms with Crippen LogP contribution in [0.1, 0.15) is 61.4 Å². The van der Waals surface area contributed by atoms with Crippen molar-refractivity contribution >= 4 is 5.97 Å². The summed E-state index contributed by atoms with van der Waals surface area (Å²) < 4.78 is 5.29. The minimum absolute atomic E-state index is 0.0506. The summed E-state index contributed by atoms with van der Waals surface area (Å²) in [5.74, 6) is -0.519. The number of aliphatic hydroxyl groups is 1. The van der Waals surface area contributed by atoms with E-state index in [1.807, 2.05) is 6.92 Å². The Morgan fingerprint density at radius 3 is 2.63 bits per heavy atom. The van der Waals surface area contributed by atoms with Gasteiger partial charge in [-0.05, 0) is 31.9 Å². The number of carboxylic acids is 1. The maximum Gasteiger partial charge on any atom is 0.371 e. The monoisotopic (exact) mass is 267 g/mol. The first-order valence-electron chi connectivity index (χ1n) is 6.78. The van der Waals surface area contributed by atoms with Gasteiger partial charge in [0.25, 0.3) is 0 Å². The van der Waals surface area contributed by atoms with Crippen LogP contribution in [-0.2, 0) is 0 Å². The Hall–Kier alpha value is -1.33. The van der Waals surface area contributed by atoms with Crippen molar-refractivity contribution < 1.29 is 19.4 Å². The summed E-state index contributed by atoms with van der Waals surface area (Å²) in [7, 11) is 0. The molecule has 1 unspecified atom stereocenters. The van der Waals surface area contributed by atoms with Gasteiger partial charge in [0.05, 0.1) is 12.6 Å². The Morgan fingerprint density at radius 2 is 2.11 bits per heavy atom. The number of hydrogen-bond acceptors (Lipinski definition) is 4. The van der Waals surface area contributed by atoms with Crippen LogP contribution in [-0.4, -0.2) is 28.3 Å². The zero-order chi connectivity index (χ0) is 13.9. The maximum atomic E-state index is 10.8. The van der Waals surface area contributed by atoms with Crippen molar-refractivity contribution in [1.82, 2.24) is 5.32 Å². The molecule has 1 fully saturated rings. The van der Waals surface area contributed by atoms with E-state index in [0.717, 1.165) is 25.7 Å². The van der Waals surface area contributed by atoms with Crippen LogP contribution in [0.3, 0.4) is 0 Å². The smallest absolute Gasteiger partial charge is 0.371 e. The van der Waals surface area contributed by atoms with Gasteiger partial charge < -0.3 is 14.6 Å². The van der Waals surface area contributed by atoms with Gasteiger partial charge in [-0.15, -0.1) is 0 Å². The molecule has 0 aliphatic heterocycles. The molecule has 1 aliphatic rings. The summed E-state index contributed by atoms with van der Waals surface area (Å²) in [5, 5.41) is 21.9. The van der Waals surface area contributed by atoms with Crippen molar-refractivity contribution in [2.24, 2.45) is 0 Å². The van der Waals surface area contributed by atoms with E-state index in [2.05, 4.69) is 5.32 Å². The molecular formula is C14H21NO4. The number of rotatable bonds is 5. The van der Waals surface area contributed by atoms with Crippen LogP contribution in [0.5, 0.6) is 0 Å². The molecule has 5 nitrogen and oxygen atoms in total. The third kappa shape index (κ3) is 3.16. The van der Waals surface area contributed by atoms with Crippen molar-refractivity contribution in [3.05, 3.63) is 23.7 Å². The fraction of sp³-hybridized carbons (Fsp3) is 0.643. The van der Waals surface area contributed by atoms with E-state index in [-0.39, 0.29) is 23.9 Å². The van der Waals surface area contributed by atoms with Crippen molar-refractivity contribution in [3.8, 4) is 0 Å².